The number of anilines is 2. The summed E-state index contributed by atoms with van der Waals surface area (Å²) in [4.78, 5) is 17.7. The standard InChI is InChI=1S/C21H25N7OS/c1-15-13-16(2)28(25-15)20-8-7-19(23-24-20)26-9-11-27(12-10-26)21(29)22-17-5-4-6-18(14-17)30-3/h4-8,13-14H,9-12H2,1-3H3,(H,22,29). The fourth-order valence-corrected chi connectivity index (χ4v) is 3.96. The predicted octanol–water partition coefficient (Wildman–Crippen LogP) is 3.36. The van der Waals surface area contributed by atoms with Crippen molar-refractivity contribution in [1.29, 1.82) is 0 Å². The molecule has 0 aliphatic carbocycles. The zero-order chi connectivity index (χ0) is 21.1. The number of nitrogens with one attached hydrogen (secondary N) is 1. The molecule has 1 aliphatic rings. The molecule has 1 fully saturated rings. The lowest BCUT2D eigenvalue weighted by Gasteiger charge is -2.35. The highest BCUT2D eigenvalue weighted by atomic mass is 32.2. The fourth-order valence-electron chi connectivity index (χ4n) is 3.50. The normalized spacial score (nSPS) is 14.1. The van der Waals surface area contributed by atoms with Crippen LogP contribution in [0.15, 0.2) is 47.4 Å². The molecule has 9 heteroatoms. The van der Waals surface area contributed by atoms with Gasteiger partial charge in [0.15, 0.2) is 11.6 Å². The van der Waals surface area contributed by atoms with Gasteiger partial charge >= 0.3 is 6.03 Å². The molecule has 3 aromatic rings. The third-order valence-electron chi connectivity index (χ3n) is 5.07. The molecule has 156 valence electrons. The Balaban J connectivity index is 1.35. The van der Waals surface area contributed by atoms with Gasteiger partial charge in [-0.1, -0.05) is 6.07 Å². The number of urea groups is 1. The van der Waals surface area contributed by atoms with Crippen molar-refractivity contribution in [1.82, 2.24) is 24.9 Å². The first-order chi connectivity index (χ1) is 14.5. The lowest BCUT2D eigenvalue weighted by molar-refractivity contribution is 0.208. The smallest absolute Gasteiger partial charge is 0.321 e. The molecule has 8 nitrogen and oxygen atoms in total. The molecular weight excluding hydrogens is 398 g/mol. The van der Waals surface area contributed by atoms with Gasteiger partial charge in [0.1, 0.15) is 0 Å². The van der Waals surface area contributed by atoms with Crippen molar-refractivity contribution in [3.8, 4) is 5.82 Å². The molecule has 2 aromatic heterocycles. The highest BCUT2D eigenvalue weighted by molar-refractivity contribution is 7.98. The average Bonchev–Trinajstić information content (AvgIpc) is 3.12. The Hall–Kier alpha value is -3.07. The summed E-state index contributed by atoms with van der Waals surface area (Å²) in [5.41, 5.74) is 2.80. The maximum Gasteiger partial charge on any atom is 0.321 e. The predicted molar refractivity (Wildman–Crippen MR) is 120 cm³/mol. The van der Waals surface area contributed by atoms with Crippen LogP contribution in [0.2, 0.25) is 0 Å². The molecule has 2 amide bonds. The van der Waals surface area contributed by atoms with Crippen LogP contribution in [0, 0.1) is 13.8 Å². The van der Waals surface area contributed by atoms with Crippen LogP contribution >= 0.6 is 11.8 Å². The molecule has 4 rings (SSSR count). The second-order valence-electron chi connectivity index (χ2n) is 7.22. The van der Waals surface area contributed by atoms with E-state index in [1.54, 1.807) is 16.4 Å². The highest BCUT2D eigenvalue weighted by Crippen LogP contribution is 2.20. The molecular formula is C21H25N7OS. The maximum atomic E-state index is 12.6. The van der Waals surface area contributed by atoms with Crippen molar-refractivity contribution in [3.05, 3.63) is 53.9 Å². The molecule has 0 atom stereocenters. The first-order valence-electron chi connectivity index (χ1n) is 9.86. The van der Waals surface area contributed by atoms with E-state index >= 15 is 0 Å². The van der Waals surface area contributed by atoms with E-state index in [4.69, 9.17) is 0 Å². The van der Waals surface area contributed by atoms with Crippen LogP contribution in [-0.2, 0) is 0 Å². The minimum atomic E-state index is -0.0705. The van der Waals surface area contributed by atoms with E-state index in [9.17, 15) is 4.79 Å². The van der Waals surface area contributed by atoms with E-state index in [-0.39, 0.29) is 6.03 Å². The van der Waals surface area contributed by atoms with Crippen molar-refractivity contribution in [2.75, 3.05) is 42.7 Å². The molecule has 3 heterocycles. The Kier molecular flexibility index (Phi) is 5.89. The monoisotopic (exact) mass is 423 g/mol. The first kappa shape index (κ1) is 20.2. The minimum Gasteiger partial charge on any atom is -0.352 e. The molecule has 0 radical (unpaired) electrons. The number of hydrogen-bond acceptors (Lipinski definition) is 6. The number of carbonyl (C=O) groups is 1. The number of piperazine rings is 1. The van der Waals surface area contributed by atoms with Gasteiger partial charge in [-0.05, 0) is 56.5 Å². The SMILES string of the molecule is CSc1cccc(NC(=O)N2CCN(c3ccc(-n4nc(C)cc4C)nn3)CC2)c1. The van der Waals surface area contributed by atoms with Gasteiger partial charge in [0.25, 0.3) is 0 Å². The number of nitrogens with zero attached hydrogens (tertiary/aromatic N) is 6. The third-order valence-corrected chi connectivity index (χ3v) is 5.80. The number of rotatable bonds is 4. The van der Waals surface area contributed by atoms with Crippen LogP contribution < -0.4 is 10.2 Å². The first-order valence-corrected chi connectivity index (χ1v) is 11.1. The van der Waals surface area contributed by atoms with Gasteiger partial charge in [-0.2, -0.15) is 5.10 Å². The third kappa shape index (κ3) is 4.40. The van der Waals surface area contributed by atoms with Crippen molar-refractivity contribution in [2.45, 2.75) is 18.7 Å². The van der Waals surface area contributed by atoms with E-state index in [0.717, 1.165) is 27.8 Å². The number of thioether (sulfide) groups is 1. The van der Waals surface area contributed by atoms with Crippen LogP contribution in [0.1, 0.15) is 11.4 Å². The maximum absolute atomic E-state index is 12.6. The number of aryl methyl sites for hydroxylation is 2. The lowest BCUT2D eigenvalue weighted by atomic mass is 10.3. The summed E-state index contributed by atoms with van der Waals surface area (Å²) in [6.45, 7) is 6.65. The molecule has 0 bridgehead atoms. The van der Waals surface area contributed by atoms with Gasteiger partial charge in [-0.25, -0.2) is 9.48 Å². The quantitative estimate of drug-likeness (QED) is 0.649. The van der Waals surface area contributed by atoms with E-state index in [0.29, 0.717) is 32.0 Å². The zero-order valence-corrected chi connectivity index (χ0v) is 18.2. The van der Waals surface area contributed by atoms with Crippen molar-refractivity contribution < 1.29 is 4.79 Å². The fraction of sp³-hybridized carbons (Fsp3) is 0.333. The van der Waals surface area contributed by atoms with Crippen LogP contribution in [0.25, 0.3) is 5.82 Å². The molecule has 0 unspecified atom stereocenters. The van der Waals surface area contributed by atoms with Crippen LogP contribution in [0.4, 0.5) is 16.3 Å². The summed E-state index contributed by atoms with van der Waals surface area (Å²) in [5.74, 6) is 1.52. The average molecular weight is 424 g/mol. The van der Waals surface area contributed by atoms with Crippen LogP contribution in [0.5, 0.6) is 0 Å². The summed E-state index contributed by atoms with van der Waals surface area (Å²) >= 11 is 1.66. The van der Waals surface area contributed by atoms with Gasteiger partial charge in [0.2, 0.25) is 0 Å². The van der Waals surface area contributed by atoms with E-state index in [1.807, 2.05) is 67.5 Å². The van der Waals surface area contributed by atoms with Crippen LogP contribution in [-0.4, -0.2) is 63.3 Å². The summed E-state index contributed by atoms with van der Waals surface area (Å²) in [6, 6.07) is 13.7. The van der Waals surface area contributed by atoms with E-state index in [1.165, 1.54) is 0 Å². The molecule has 1 aromatic carbocycles. The van der Waals surface area contributed by atoms with E-state index in [2.05, 4.69) is 25.5 Å². The number of benzene rings is 1. The Morgan fingerprint density at radius 1 is 1.00 bits per heavy atom. The summed E-state index contributed by atoms with van der Waals surface area (Å²) in [6.07, 6.45) is 2.02. The number of carbonyl (C=O) groups excluding carboxylic acids is 1. The molecule has 0 spiro atoms. The molecule has 1 aliphatic heterocycles. The number of hydrogen-bond donors (Lipinski definition) is 1. The zero-order valence-electron chi connectivity index (χ0n) is 17.4. The Morgan fingerprint density at radius 3 is 2.37 bits per heavy atom. The van der Waals surface area contributed by atoms with Crippen molar-refractivity contribution >= 4 is 29.3 Å². The molecule has 0 saturated carbocycles. The molecule has 1 saturated heterocycles. The Bertz CT molecular complexity index is 1030. The second-order valence-corrected chi connectivity index (χ2v) is 8.10. The summed E-state index contributed by atoms with van der Waals surface area (Å²) in [5, 5.41) is 16.2. The van der Waals surface area contributed by atoms with Gasteiger partial charge in [0.05, 0.1) is 5.69 Å². The lowest BCUT2D eigenvalue weighted by Crippen LogP contribution is -2.50. The molecule has 1 N–H and O–H groups in total. The van der Waals surface area contributed by atoms with Gasteiger partial charge in [-0.15, -0.1) is 22.0 Å². The Morgan fingerprint density at radius 2 is 1.73 bits per heavy atom. The van der Waals surface area contributed by atoms with Crippen molar-refractivity contribution in [3.63, 3.8) is 0 Å². The minimum absolute atomic E-state index is 0.0705. The van der Waals surface area contributed by atoms with Gasteiger partial charge in [0, 0.05) is 42.5 Å². The Labute approximate surface area is 180 Å². The molecule has 30 heavy (non-hydrogen) atoms. The van der Waals surface area contributed by atoms with Gasteiger partial charge in [-0.3, -0.25) is 0 Å². The van der Waals surface area contributed by atoms with Crippen molar-refractivity contribution in [2.24, 2.45) is 0 Å². The van der Waals surface area contributed by atoms with E-state index < -0.39 is 0 Å². The second kappa shape index (κ2) is 8.74. The van der Waals surface area contributed by atoms with Gasteiger partial charge < -0.3 is 15.1 Å². The topological polar surface area (TPSA) is 79.2 Å². The number of aromatic nitrogens is 4. The highest BCUT2D eigenvalue weighted by Gasteiger charge is 2.22. The van der Waals surface area contributed by atoms with Crippen LogP contribution in [0.3, 0.4) is 0 Å². The summed E-state index contributed by atoms with van der Waals surface area (Å²) < 4.78 is 1.79. The number of amides is 2. The largest absolute Gasteiger partial charge is 0.352 e. The summed E-state index contributed by atoms with van der Waals surface area (Å²) in [7, 11) is 0.